The molecule has 0 saturated heterocycles. The summed E-state index contributed by atoms with van der Waals surface area (Å²) in [6.45, 7) is 1.33. The second kappa shape index (κ2) is 8.57. The summed E-state index contributed by atoms with van der Waals surface area (Å²) >= 11 is 0. The molecule has 0 radical (unpaired) electrons. The molecule has 2 aromatic carbocycles. The minimum absolute atomic E-state index is 0.251. The van der Waals surface area contributed by atoms with E-state index in [0.29, 0.717) is 17.2 Å². The number of amides is 1. The molecule has 6 nitrogen and oxygen atoms in total. The summed E-state index contributed by atoms with van der Waals surface area (Å²) in [7, 11) is 1.56. The van der Waals surface area contributed by atoms with Gasteiger partial charge in [-0.1, -0.05) is 17.7 Å². The Kier molecular flexibility index (Phi) is 6.19. The number of ether oxygens (including phenoxy) is 3. The van der Waals surface area contributed by atoms with Crippen LogP contribution in [0.1, 0.15) is 5.56 Å². The van der Waals surface area contributed by atoms with Crippen LogP contribution in [0.5, 0.6) is 11.5 Å². The van der Waals surface area contributed by atoms with E-state index in [1.807, 2.05) is 19.1 Å². The summed E-state index contributed by atoms with van der Waals surface area (Å²) in [6.07, 6.45) is 0. The summed E-state index contributed by atoms with van der Waals surface area (Å²) < 4.78 is 15.2. The minimum atomic E-state index is -0.611. The molecule has 0 fully saturated rings. The van der Waals surface area contributed by atoms with Crippen molar-refractivity contribution >= 4 is 17.6 Å². The maximum Gasteiger partial charge on any atom is 0.344 e. The van der Waals surface area contributed by atoms with E-state index in [-0.39, 0.29) is 13.2 Å². The molecular weight excluding hydrogens is 310 g/mol. The van der Waals surface area contributed by atoms with Crippen molar-refractivity contribution < 1.29 is 23.8 Å². The summed E-state index contributed by atoms with van der Waals surface area (Å²) in [4.78, 5) is 23.3. The average molecular weight is 329 g/mol. The summed E-state index contributed by atoms with van der Waals surface area (Å²) in [5.74, 6) is 0.220. The first-order valence-corrected chi connectivity index (χ1v) is 7.36. The fourth-order valence-corrected chi connectivity index (χ4v) is 1.84. The van der Waals surface area contributed by atoms with Crippen LogP contribution in [0.2, 0.25) is 0 Å². The van der Waals surface area contributed by atoms with E-state index in [2.05, 4.69) is 5.32 Å². The third-order valence-electron chi connectivity index (χ3n) is 3.12. The van der Waals surface area contributed by atoms with E-state index >= 15 is 0 Å². The largest absolute Gasteiger partial charge is 0.497 e. The zero-order valence-electron chi connectivity index (χ0n) is 13.6. The number of carbonyl (C=O) groups is 2. The Morgan fingerprint density at radius 2 is 1.54 bits per heavy atom. The number of aryl methyl sites for hydroxylation is 1. The van der Waals surface area contributed by atoms with Crippen LogP contribution in [-0.2, 0) is 14.3 Å². The van der Waals surface area contributed by atoms with Crippen molar-refractivity contribution in [3.05, 3.63) is 54.1 Å². The van der Waals surface area contributed by atoms with Gasteiger partial charge in [-0.3, -0.25) is 4.79 Å². The van der Waals surface area contributed by atoms with Gasteiger partial charge in [0.1, 0.15) is 11.5 Å². The van der Waals surface area contributed by atoms with Gasteiger partial charge in [0.2, 0.25) is 0 Å². The van der Waals surface area contributed by atoms with Crippen LogP contribution in [-0.4, -0.2) is 32.2 Å². The number of esters is 1. The van der Waals surface area contributed by atoms with Crippen LogP contribution in [0.15, 0.2) is 48.5 Å². The van der Waals surface area contributed by atoms with E-state index in [9.17, 15) is 9.59 Å². The molecule has 0 aromatic heterocycles. The summed E-state index contributed by atoms with van der Waals surface area (Å²) in [5.41, 5.74) is 1.69. The van der Waals surface area contributed by atoms with Gasteiger partial charge in [-0.25, -0.2) is 4.79 Å². The molecule has 1 N–H and O–H groups in total. The minimum Gasteiger partial charge on any atom is -0.497 e. The van der Waals surface area contributed by atoms with E-state index in [1.165, 1.54) is 0 Å². The summed E-state index contributed by atoms with van der Waals surface area (Å²) in [6, 6.07) is 14.1. The lowest BCUT2D eigenvalue weighted by molar-refractivity contribution is -0.149. The monoisotopic (exact) mass is 329 g/mol. The number of anilines is 1. The van der Waals surface area contributed by atoms with Crippen molar-refractivity contribution in [3.63, 3.8) is 0 Å². The van der Waals surface area contributed by atoms with Crippen LogP contribution < -0.4 is 14.8 Å². The maximum atomic E-state index is 11.7. The molecule has 6 heteroatoms. The fraction of sp³-hybridized carbons (Fsp3) is 0.222. The topological polar surface area (TPSA) is 73.9 Å². The van der Waals surface area contributed by atoms with Gasteiger partial charge in [0, 0.05) is 5.69 Å². The Balaban J connectivity index is 1.70. The quantitative estimate of drug-likeness (QED) is 0.790. The molecule has 0 saturated carbocycles. The van der Waals surface area contributed by atoms with Gasteiger partial charge in [-0.05, 0) is 43.3 Å². The molecule has 0 aliphatic heterocycles. The van der Waals surface area contributed by atoms with Crippen LogP contribution in [0.4, 0.5) is 5.69 Å². The van der Waals surface area contributed by atoms with Gasteiger partial charge in [0.15, 0.2) is 13.2 Å². The highest BCUT2D eigenvalue weighted by Gasteiger charge is 2.09. The molecule has 0 unspecified atom stereocenters. The number of methoxy groups -OCH3 is 1. The molecule has 0 atom stereocenters. The lowest BCUT2D eigenvalue weighted by Crippen LogP contribution is -2.23. The number of carbonyl (C=O) groups excluding carboxylic acids is 2. The number of nitrogens with one attached hydrogen (secondary N) is 1. The Morgan fingerprint density at radius 3 is 2.17 bits per heavy atom. The SMILES string of the molecule is COc1ccc(NC(=O)COC(=O)COc2ccc(C)cc2)cc1. The van der Waals surface area contributed by atoms with Gasteiger partial charge in [-0.2, -0.15) is 0 Å². The van der Waals surface area contributed by atoms with E-state index in [4.69, 9.17) is 14.2 Å². The molecule has 126 valence electrons. The molecular formula is C18H19NO5. The van der Waals surface area contributed by atoms with E-state index < -0.39 is 11.9 Å². The highest BCUT2D eigenvalue weighted by molar-refractivity contribution is 5.92. The van der Waals surface area contributed by atoms with E-state index in [0.717, 1.165) is 5.56 Å². The van der Waals surface area contributed by atoms with Crippen molar-refractivity contribution in [1.82, 2.24) is 0 Å². The molecule has 0 aliphatic rings. The van der Waals surface area contributed by atoms with Crippen molar-refractivity contribution in [2.75, 3.05) is 25.6 Å². The van der Waals surface area contributed by atoms with Crippen molar-refractivity contribution in [2.24, 2.45) is 0 Å². The Bertz CT molecular complexity index is 680. The zero-order chi connectivity index (χ0) is 17.4. The third kappa shape index (κ3) is 5.64. The van der Waals surface area contributed by atoms with Crippen molar-refractivity contribution in [3.8, 4) is 11.5 Å². The predicted octanol–water partition coefficient (Wildman–Crippen LogP) is 2.56. The van der Waals surface area contributed by atoms with Crippen LogP contribution in [0, 0.1) is 6.92 Å². The van der Waals surface area contributed by atoms with E-state index in [1.54, 1.807) is 43.5 Å². The lowest BCUT2D eigenvalue weighted by Gasteiger charge is -2.08. The average Bonchev–Trinajstić information content (AvgIpc) is 2.60. The molecule has 1 amide bonds. The Labute approximate surface area is 140 Å². The Hall–Kier alpha value is -3.02. The van der Waals surface area contributed by atoms with Crippen LogP contribution >= 0.6 is 0 Å². The smallest absolute Gasteiger partial charge is 0.344 e. The fourth-order valence-electron chi connectivity index (χ4n) is 1.84. The number of hydrogen-bond donors (Lipinski definition) is 1. The van der Waals surface area contributed by atoms with Gasteiger partial charge in [0.05, 0.1) is 7.11 Å². The zero-order valence-corrected chi connectivity index (χ0v) is 13.6. The second-order valence-electron chi connectivity index (χ2n) is 5.04. The first-order chi connectivity index (χ1) is 11.6. The molecule has 0 spiro atoms. The maximum absolute atomic E-state index is 11.7. The standard InChI is InChI=1S/C18H19NO5/c1-13-3-7-16(8-4-13)23-12-18(21)24-11-17(20)19-14-5-9-15(22-2)10-6-14/h3-10H,11-12H2,1-2H3,(H,19,20). The lowest BCUT2D eigenvalue weighted by atomic mass is 10.2. The van der Waals surface area contributed by atoms with Gasteiger partial charge >= 0.3 is 5.97 Å². The van der Waals surface area contributed by atoms with Crippen molar-refractivity contribution in [1.29, 1.82) is 0 Å². The molecule has 0 bridgehead atoms. The summed E-state index contributed by atoms with van der Waals surface area (Å²) in [5, 5.41) is 2.62. The first-order valence-electron chi connectivity index (χ1n) is 7.36. The third-order valence-corrected chi connectivity index (χ3v) is 3.12. The molecule has 2 rings (SSSR count). The highest BCUT2D eigenvalue weighted by Crippen LogP contribution is 2.15. The van der Waals surface area contributed by atoms with Gasteiger partial charge in [-0.15, -0.1) is 0 Å². The number of benzene rings is 2. The van der Waals surface area contributed by atoms with Crippen LogP contribution in [0.25, 0.3) is 0 Å². The molecule has 0 aliphatic carbocycles. The Morgan fingerprint density at radius 1 is 0.917 bits per heavy atom. The first kappa shape index (κ1) is 17.3. The van der Waals surface area contributed by atoms with Crippen molar-refractivity contribution in [2.45, 2.75) is 6.92 Å². The predicted molar refractivity (Wildman–Crippen MR) is 89.3 cm³/mol. The number of rotatable bonds is 7. The normalized spacial score (nSPS) is 9.92. The second-order valence-corrected chi connectivity index (χ2v) is 5.04. The van der Waals surface area contributed by atoms with Gasteiger partial charge in [0.25, 0.3) is 5.91 Å². The molecule has 24 heavy (non-hydrogen) atoms. The van der Waals surface area contributed by atoms with Gasteiger partial charge < -0.3 is 19.5 Å². The van der Waals surface area contributed by atoms with Crippen LogP contribution in [0.3, 0.4) is 0 Å². The molecule has 2 aromatic rings. The molecule has 0 heterocycles. The highest BCUT2D eigenvalue weighted by atomic mass is 16.6. The number of hydrogen-bond acceptors (Lipinski definition) is 5.